The maximum atomic E-state index is 12.0. The molecular weight excluding hydrogens is 437 g/mol. The Bertz CT molecular complexity index is 552. The van der Waals surface area contributed by atoms with Crippen molar-refractivity contribution in [3.8, 4) is 0 Å². The number of hydrogen-bond acceptors (Lipinski definition) is 4. The van der Waals surface area contributed by atoms with Crippen molar-refractivity contribution in [2.45, 2.75) is 33.7 Å². The second kappa shape index (κ2) is 10.2. The number of nitrogens with one attached hydrogen (secondary N) is 1. The largest absolute Gasteiger partial charge is 0.351 e. The Morgan fingerprint density at radius 2 is 1.96 bits per heavy atom. The van der Waals surface area contributed by atoms with Crippen molar-refractivity contribution in [1.29, 1.82) is 0 Å². The lowest BCUT2D eigenvalue weighted by Crippen LogP contribution is -2.54. The number of thiazole rings is 1. The van der Waals surface area contributed by atoms with E-state index in [-0.39, 0.29) is 35.8 Å². The van der Waals surface area contributed by atoms with Crippen LogP contribution in [0.3, 0.4) is 0 Å². The molecule has 1 amide bonds. The summed E-state index contributed by atoms with van der Waals surface area (Å²) in [6.45, 7) is 9.86. The molecule has 0 atom stereocenters. The predicted octanol–water partition coefficient (Wildman–Crippen LogP) is 2.20. The van der Waals surface area contributed by atoms with Crippen molar-refractivity contribution in [3.05, 3.63) is 16.1 Å². The molecule has 1 aliphatic rings. The summed E-state index contributed by atoms with van der Waals surface area (Å²) in [4.78, 5) is 25.1. The third kappa shape index (κ3) is 5.58. The molecule has 0 unspecified atom stereocenters. The van der Waals surface area contributed by atoms with E-state index in [0.29, 0.717) is 6.54 Å². The van der Waals surface area contributed by atoms with E-state index in [9.17, 15) is 4.79 Å². The molecule has 0 spiro atoms. The third-order valence-corrected chi connectivity index (χ3v) is 4.97. The lowest BCUT2D eigenvalue weighted by atomic mass is 10.1. The Morgan fingerprint density at radius 3 is 2.46 bits per heavy atom. The van der Waals surface area contributed by atoms with Crippen LogP contribution in [0.15, 0.2) is 10.4 Å². The molecule has 1 N–H and O–H groups in total. The minimum atomic E-state index is 0. The number of nitrogens with zero attached hydrogens (tertiary/aromatic N) is 4. The molecule has 2 rings (SSSR count). The number of halogens is 1. The Morgan fingerprint density at radius 1 is 1.33 bits per heavy atom. The Balaban J connectivity index is 0.00000288. The Kier molecular flexibility index (Phi) is 8.96. The standard InChI is InChI=1S/C16H27N5OS.HI/c1-5-14-19-13(11-23-14)10-18-16(17-4)21-8-6-20(7-9-21)15(22)12(2)3;/h11-12H,5-10H2,1-4H3,(H,17,18);1H. The molecule has 136 valence electrons. The molecule has 2 heterocycles. The molecule has 1 fully saturated rings. The van der Waals surface area contributed by atoms with E-state index in [4.69, 9.17) is 0 Å². The van der Waals surface area contributed by atoms with Gasteiger partial charge in [0.15, 0.2) is 5.96 Å². The van der Waals surface area contributed by atoms with Gasteiger partial charge in [-0.25, -0.2) is 4.98 Å². The van der Waals surface area contributed by atoms with Crippen molar-refractivity contribution in [2.24, 2.45) is 10.9 Å². The van der Waals surface area contributed by atoms with Crippen LogP contribution in [0.5, 0.6) is 0 Å². The van der Waals surface area contributed by atoms with Crippen LogP contribution in [0, 0.1) is 5.92 Å². The smallest absolute Gasteiger partial charge is 0.225 e. The van der Waals surface area contributed by atoms with E-state index in [0.717, 1.165) is 49.3 Å². The minimum absolute atomic E-state index is 0. The van der Waals surface area contributed by atoms with E-state index in [1.165, 1.54) is 0 Å². The molecule has 6 nitrogen and oxygen atoms in total. The van der Waals surface area contributed by atoms with E-state index >= 15 is 0 Å². The van der Waals surface area contributed by atoms with Crippen LogP contribution < -0.4 is 5.32 Å². The predicted molar refractivity (Wildman–Crippen MR) is 110 cm³/mol. The molecule has 8 heteroatoms. The number of carbonyl (C=O) groups is 1. The normalized spacial score (nSPS) is 15.5. The van der Waals surface area contributed by atoms with E-state index < -0.39 is 0 Å². The number of piperazine rings is 1. The fourth-order valence-electron chi connectivity index (χ4n) is 2.60. The van der Waals surface area contributed by atoms with Gasteiger partial charge >= 0.3 is 0 Å². The molecule has 0 aliphatic carbocycles. The van der Waals surface area contributed by atoms with Gasteiger partial charge in [-0.2, -0.15) is 0 Å². The first-order chi connectivity index (χ1) is 11.0. The van der Waals surface area contributed by atoms with Crippen molar-refractivity contribution in [2.75, 3.05) is 33.2 Å². The highest BCUT2D eigenvalue weighted by Gasteiger charge is 2.24. The molecule has 1 aromatic heterocycles. The summed E-state index contributed by atoms with van der Waals surface area (Å²) in [5.74, 6) is 1.19. The number of aryl methyl sites for hydroxylation is 1. The van der Waals surface area contributed by atoms with Crippen LogP contribution in [0.2, 0.25) is 0 Å². The molecule has 0 saturated carbocycles. The average Bonchev–Trinajstić information content (AvgIpc) is 3.03. The van der Waals surface area contributed by atoms with E-state index in [2.05, 4.69) is 32.5 Å². The maximum Gasteiger partial charge on any atom is 0.225 e. The first-order valence-corrected chi connectivity index (χ1v) is 9.10. The van der Waals surface area contributed by atoms with Gasteiger partial charge in [-0.15, -0.1) is 35.3 Å². The van der Waals surface area contributed by atoms with Crippen LogP contribution in [0.4, 0.5) is 0 Å². The van der Waals surface area contributed by atoms with Gasteiger partial charge in [0.25, 0.3) is 0 Å². The van der Waals surface area contributed by atoms with Gasteiger partial charge in [0, 0.05) is 44.5 Å². The lowest BCUT2D eigenvalue weighted by molar-refractivity contribution is -0.135. The van der Waals surface area contributed by atoms with Gasteiger partial charge < -0.3 is 15.1 Å². The highest BCUT2D eigenvalue weighted by Crippen LogP contribution is 2.11. The average molecular weight is 465 g/mol. The zero-order valence-electron chi connectivity index (χ0n) is 14.9. The van der Waals surface area contributed by atoms with Crippen LogP contribution in [0.25, 0.3) is 0 Å². The van der Waals surface area contributed by atoms with Gasteiger partial charge in [0.1, 0.15) is 0 Å². The zero-order chi connectivity index (χ0) is 16.8. The molecule has 24 heavy (non-hydrogen) atoms. The van der Waals surface area contributed by atoms with E-state index in [1.807, 2.05) is 18.7 Å². The number of aromatic nitrogens is 1. The molecule has 0 bridgehead atoms. The maximum absolute atomic E-state index is 12.0. The summed E-state index contributed by atoms with van der Waals surface area (Å²) in [7, 11) is 1.80. The Labute approximate surface area is 165 Å². The van der Waals surface area contributed by atoms with Gasteiger partial charge in [-0.3, -0.25) is 9.79 Å². The lowest BCUT2D eigenvalue weighted by Gasteiger charge is -2.37. The van der Waals surface area contributed by atoms with Gasteiger partial charge in [-0.1, -0.05) is 20.8 Å². The highest BCUT2D eigenvalue weighted by molar-refractivity contribution is 14.0. The van der Waals surface area contributed by atoms with Crippen molar-refractivity contribution in [1.82, 2.24) is 20.1 Å². The van der Waals surface area contributed by atoms with Crippen LogP contribution in [-0.2, 0) is 17.8 Å². The number of guanidine groups is 1. The zero-order valence-corrected chi connectivity index (χ0v) is 18.1. The summed E-state index contributed by atoms with van der Waals surface area (Å²) >= 11 is 1.70. The monoisotopic (exact) mass is 465 g/mol. The summed E-state index contributed by atoms with van der Waals surface area (Å²) in [6.07, 6.45) is 0.977. The second-order valence-electron chi connectivity index (χ2n) is 5.95. The summed E-state index contributed by atoms with van der Waals surface area (Å²) in [6, 6.07) is 0. The van der Waals surface area contributed by atoms with E-state index in [1.54, 1.807) is 18.4 Å². The molecule has 1 aliphatic heterocycles. The van der Waals surface area contributed by atoms with Gasteiger partial charge in [-0.05, 0) is 6.42 Å². The van der Waals surface area contributed by atoms with Crippen molar-refractivity contribution >= 4 is 47.2 Å². The summed E-state index contributed by atoms with van der Waals surface area (Å²) < 4.78 is 0. The highest BCUT2D eigenvalue weighted by atomic mass is 127. The molecule has 0 aromatic carbocycles. The number of amides is 1. The fourth-order valence-corrected chi connectivity index (χ4v) is 3.34. The van der Waals surface area contributed by atoms with Crippen LogP contribution >= 0.6 is 35.3 Å². The molecule has 1 saturated heterocycles. The first kappa shape index (κ1) is 21.1. The quantitative estimate of drug-likeness (QED) is 0.421. The van der Waals surface area contributed by atoms with Gasteiger partial charge in [0.05, 0.1) is 17.2 Å². The number of rotatable bonds is 4. The van der Waals surface area contributed by atoms with Gasteiger partial charge in [0.2, 0.25) is 5.91 Å². The van der Waals surface area contributed by atoms with Crippen molar-refractivity contribution < 1.29 is 4.79 Å². The molecule has 0 radical (unpaired) electrons. The van der Waals surface area contributed by atoms with Crippen LogP contribution in [-0.4, -0.2) is 59.9 Å². The fraction of sp³-hybridized carbons (Fsp3) is 0.688. The van der Waals surface area contributed by atoms with Crippen molar-refractivity contribution in [3.63, 3.8) is 0 Å². The topological polar surface area (TPSA) is 60.8 Å². The minimum Gasteiger partial charge on any atom is -0.351 e. The second-order valence-corrected chi connectivity index (χ2v) is 6.90. The number of carbonyl (C=O) groups excluding carboxylic acids is 1. The number of hydrogen-bond donors (Lipinski definition) is 1. The molecular formula is C16H28IN5OS. The third-order valence-electron chi connectivity index (χ3n) is 3.93. The van der Waals surface area contributed by atoms with Crippen LogP contribution in [0.1, 0.15) is 31.5 Å². The molecule has 1 aromatic rings. The SMILES string of the molecule is CCc1nc(CNC(=NC)N2CCN(C(=O)C(C)C)CC2)cs1.I. The first-order valence-electron chi connectivity index (χ1n) is 8.22. The Hall–Kier alpha value is -0.900. The summed E-state index contributed by atoms with van der Waals surface area (Å²) in [5, 5.41) is 6.64. The summed E-state index contributed by atoms with van der Waals surface area (Å²) in [5.41, 5.74) is 1.06. The number of aliphatic imine (C=N–C) groups is 1.